The molecule has 0 radical (unpaired) electrons. The van der Waals surface area contributed by atoms with Gasteiger partial charge in [0.15, 0.2) is 0 Å². The van der Waals surface area contributed by atoms with E-state index in [1.54, 1.807) is 17.1 Å². The first-order valence-electron chi connectivity index (χ1n) is 7.39. The lowest BCUT2D eigenvalue weighted by Crippen LogP contribution is -2.22. The molecule has 3 rings (SSSR count). The lowest BCUT2D eigenvalue weighted by atomic mass is 10.3. The second-order valence-electron chi connectivity index (χ2n) is 5.64. The Bertz CT molecular complexity index is 843. The number of hydrogen-bond acceptors (Lipinski definition) is 7. The van der Waals surface area contributed by atoms with Gasteiger partial charge in [0.1, 0.15) is 22.3 Å². The molecule has 0 saturated heterocycles. The first-order chi connectivity index (χ1) is 11.5. The molecule has 0 unspecified atom stereocenters. The zero-order valence-electron chi connectivity index (χ0n) is 13.9. The summed E-state index contributed by atoms with van der Waals surface area (Å²) >= 11 is 3.09. The molecule has 1 N–H and O–H groups in total. The number of halogens is 1. The van der Waals surface area contributed by atoms with Crippen molar-refractivity contribution in [3.05, 3.63) is 40.0 Å². The topological polar surface area (TPSA) is 74.9 Å². The highest BCUT2D eigenvalue weighted by Crippen LogP contribution is 2.26. The van der Waals surface area contributed by atoms with Gasteiger partial charge in [-0.15, -0.1) is 12.4 Å². The van der Waals surface area contributed by atoms with Crippen molar-refractivity contribution >= 4 is 51.4 Å². The van der Waals surface area contributed by atoms with Crippen LogP contribution in [0.15, 0.2) is 37.2 Å². The molecule has 10 heteroatoms. The zero-order valence-corrected chi connectivity index (χ0v) is 17.2. The van der Waals surface area contributed by atoms with Gasteiger partial charge in [0.05, 0.1) is 18.8 Å². The molecule has 25 heavy (non-hydrogen) atoms. The van der Waals surface area contributed by atoms with Gasteiger partial charge in [-0.05, 0) is 26.2 Å². The summed E-state index contributed by atoms with van der Waals surface area (Å²) < 4.78 is 32.0. The molecule has 0 amide bonds. The van der Waals surface area contributed by atoms with E-state index in [-0.39, 0.29) is 12.4 Å². The van der Waals surface area contributed by atoms with Crippen LogP contribution in [-0.2, 0) is 22.3 Å². The Labute approximate surface area is 162 Å². The molecule has 0 atom stereocenters. The molecule has 138 valence electrons. The minimum atomic E-state index is -3.40. The summed E-state index contributed by atoms with van der Waals surface area (Å²) in [4.78, 5) is 6.78. The van der Waals surface area contributed by atoms with Gasteiger partial charge in [-0.25, -0.2) is 8.42 Å². The predicted octanol–water partition coefficient (Wildman–Crippen LogP) is 2.80. The van der Waals surface area contributed by atoms with Crippen molar-refractivity contribution in [2.24, 2.45) is 4.99 Å². The second kappa shape index (κ2) is 8.59. The second-order valence-corrected chi connectivity index (χ2v) is 9.14. The summed E-state index contributed by atoms with van der Waals surface area (Å²) in [7, 11) is 0.612. The fourth-order valence-corrected chi connectivity index (χ4v) is 5.46. The van der Waals surface area contributed by atoms with Crippen molar-refractivity contribution < 1.29 is 12.8 Å². The van der Waals surface area contributed by atoms with E-state index in [4.69, 9.17) is 4.42 Å². The highest BCUT2D eigenvalue weighted by Gasteiger charge is 2.31. The molecule has 2 aromatic rings. The number of amidine groups is 1. The van der Waals surface area contributed by atoms with Gasteiger partial charge in [-0.1, -0.05) is 0 Å². The Morgan fingerprint density at radius 1 is 1.28 bits per heavy atom. The van der Waals surface area contributed by atoms with E-state index in [1.165, 1.54) is 11.3 Å². The highest BCUT2D eigenvalue weighted by molar-refractivity contribution is 7.98. The number of sulfonamides is 1. The van der Waals surface area contributed by atoms with Crippen LogP contribution in [0.3, 0.4) is 0 Å². The third-order valence-corrected chi connectivity index (χ3v) is 6.57. The van der Waals surface area contributed by atoms with Crippen LogP contribution in [0.25, 0.3) is 0 Å². The number of aliphatic imine (C=N–C) groups is 1. The highest BCUT2D eigenvalue weighted by atomic mass is 35.5. The van der Waals surface area contributed by atoms with Gasteiger partial charge < -0.3 is 9.32 Å². The third-order valence-electron chi connectivity index (χ3n) is 3.34. The molecule has 3 heterocycles. The van der Waals surface area contributed by atoms with Gasteiger partial charge in [0.2, 0.25) is 0 Å². The minimum absolute atomic E-state index is 0. The molecule has 0 aromatic carbocycles. The van der Waals surface area contributed by atoms with E-state index in [0.29, 0.717) is 22.8 Å². The van der Waals surface area contributed by atoms with Crippen LogP contribution < -0.4 is 4.72 Å². The molecule has 2 aromatic heterocycles. The molecule has 0 saturated carbocycles. The number of furan rings is 1. The van der Waals surface area contributed by atoms with Crippen molar-refractivity contribution in [1.82, 2.24) is 9.62 Å². The number of fused-ring (bicyclic) bond motifs is 1. The van der Waals surface area contributed by atoms with Crippen molar-refractivity contribution in [1.29, 1.82) is 0 Å². The van der Waals surface area contributed by atoms with Gasteiger partial charge in [0, 0.05) is 22.1 Å². The lowest BCUT2D eigenvalue weighted by Gasteiger charge is -2.05. The maximum absolute atomic E-state index is 11.9. The Kier molecular flexibility index (Phi) is 6.98. The number of rotatable bonds is 7. The maximum Gasteiger partial charge on any atom is 0.264 e. The molecule has 1 aliphatic heterocycles. The summed E-state index contributed by atoms with van der Waals surface area (Å²) in [6.45, 7) is 1.35. The first-order valence-corrected chi connectivity index (χ1v) is 11.0. The summed E-state index contributed by atoms with van der Waals surface area (Å²) in [5.74, 6) is 3.95. The number of thiophene rings is 1. The fourth-order valence-electron chi connectivity index (χ4n) is 2.31. The summed E-state index contributed by atoms with van der Waals surface area (Å²) in [6, 6.07) is 4.00. The largest absolute Gasteiger partial charge is 0.464 e. The van der Waals surface area contributed by atoms with Crippen LogP contribution >= 0.6 is 35.5 Å². The van der Waals surface area contributed by atoms with Crippen LogP contribution in [0.4, 0.5) is 0 Å². The van der Waals surface area contributed by atoms with Crippen molar-refractivity contribution in [2.45, 2.75) is 17.2 Å². The SMILES string of the molecule is CN(C)Cc1ccc(CSCCN=C2NS(=O)(=O)c3cscc32)o1.Cl. The Hall–Kier alpha value is -1.00. The molecular weight excluding hydrogens is 402 g/mol. The van der Waals surface area contributed by atoms with Gasteiger partial charge >= 0.3 is 0 Å². The van der Waals surface area contributed by atoms with E-state index >= 15 is 0 Å². The number of thioether (sulfide) groups is 1. The maximum atomic E-state index is 11.9. The summed E-state index contributed by atoms with van der Waals surface area (Å²) in [6.07, 6.45) is 0. The zero-order chi connectivity index (χ0) is 17.2. The molecule has 0 bridgehead atoms. The average molecular weight is 422 g/mol. The van der Waals surface area contributed by atoms with E-state index < -0.39 is 10.0 Å². The third kappa shape index (κ3) is 5.01. The lowest BCUT2D eigenvalue weighted by molar-refractivity contribution is 0.344. The van der Waals surface area contributed by atoms with E-state index in [2.05, 4.69) is 14.6 Å². The van der Waals surface area contributed by atoms with Crippen LogP contribution in [-0.4, -0.2) is 45.5 Å². The minimum Gasteiger partial charge on any atom is -0.464 e. The Morgan fingerprint density at radius 3 is 2.80 bits per heavy atom. The van der Waals surface area contributed by atoms with E-state index in [0.717, 1.165) is 29.6 Å². The smallest absolute Gasteiger partial charge is 0.264 e. The van der Waals surface area contributed by atoms with Crippen LogP contribution in [0, 0.1) is 0 Å². The first kappa shape index (κ1) is 20.3. The number of hydrogen-bond donors (Lipinski definition) is 1. The monoisotopic (exact) mass is 421 g/mol. The van der Waals surface area contributed by atoms with Gasteiger partial charge in [-0.2, -0.15) is 23.1 Å². The van der Waals surface area contributed by atoms with Crippen LogP contribution in [0.2, 0.25) is 0 Å². The van der Waals surface area contributed by atoms with Gasteiger partial charge in [-0.3, -0.25) is 9.71 Å². The van der Waals surface area contributed by atoms with Gasteiger partial charge in [0.25, 0.3) is 10.0 Å². The molecular formula is C15H20ClN3O3S3. The van der Waals surface area contributed by atoms with E-state index in [9.17, 15) is 8.42 Å². The Balaban J connectivity index is 0.00000225. The molecule has 1 aliphatic rings. The molecule has 0 fully saturated rings. The number of nitrogens with zero attached hydrogens (tertiary/aromatic N) is 2. The quantitative estimate of drug-likeness (QED) is 0.696. The molecule has 6 nitrogen and oxygen atoms in total. The van der Waals surface area contributed by atoms with Crippen LogP contribution in [0.5, 0.6) is 0 Å². The molecule has 0 aliphatic carbocycles. The average Bonchev–Trinajstić information content (AvgIpc) is 3.18. The summed E-state index contributed by atoms with van der Waals surface area (Å²) in [5.41, 5.74) is 0.685. The fraction of sp³-hybridized carbons (Fsp3) is 0.400. The molecule has 0 spiro atoms. The predicted molar refractivity (Wildman–Crippen MR) is 106 cm³/mol. The number of nitrogens with one attached hydrogen (secondary N) is 1. The van der Waals surface area contributed by atoms with Crippen molar-refractivity contribution in [3.8, 4) is 0 Å². The van der Waals surface area contributed by atoms with Crippen molar-refractivity contribution in [3.63, 3.8) is 0 Å². The van der Waals surface area contributed by atoms with Crippen molar-refractivity contribution in [2.75, 3.05) is 26.4 Å². The standard InChI is InChI=1S/C15H19N3O3S3.ClH/c1-18(2)7-11-3-4-12(21-11)8-22-6-5-16-15-13-9-23-10-14(13)24(19,20)17-15;/h3-4,9-10H,5-8H2,1-2H3,(H,16,17);1H. The summed E-state index contributed by atoms with van der Waals surface area (Å²) in [5, 5.41) is 3.45. The van der Waals surface area contributed by atoms with E-state index in [1.807, 2.05) is 31.6 Å². The Morgan fingerprint density at radius 2 is 2.04 bits per heavy atom. The normalized spacial score (nSPS) is 16.7. The van der Waals surface area contributed by atoms with Crippen LogP contribution in [0.1, 0.15) is 17.1 Å².